The van der Waals surface area contributed by atoms with E-state index in [2.05, 4.69) is 31.9 Å². The average Bonchev–Trinajstić information content (AvgIpc) is 2.34. The van der Waals surface area contributed by atoms with E-state index in [9.17, 15) is 9.18 Å². The molecule has 0 aliphatic rings. The molecule has 2 rings (SSSR count). The normalized spacial score (nSPS) is 10.5. The molecule has 0 amide bonds. The lowest BCUT2D eigenvalue weighted by Crippen LogP contribution is -2.07. The highest BCUT2D eigenvalue weighted by atomic mass is 79.9. The molecule has 19 heavy (non-hydrogen) atoms. The van der Waals surface area contributed by atoms with Gasteiger partial charge in [0, 0.05) is 21.8 Å². The van der Waals surface area contributed by atoms with E-state index in [1.165, 1.54) is 12.1 Å². The van der Waals surface area contributed by atoms with Crippen LogP contribution in [0.5, 0.6) is 0 Å². The molecule has 0 N–H and O–H groups in total. The Labute approximate surface area is 128 Å². The van der Waals surface area contributed by atoms with Crippen LogP contribution in [0, 0.1) is 5.82 Å². The van der Waals surface area contributed by atoms with Crippen LogP contribution in [-0.2, 0) is 17.6 Å². The number of benzene rings is 2. The molecule has 0 aromatic heterocycles. The van der Waals surface area contributed by atoms with Crippen molar-refractivity contribution in [2.24, 2.45) is 0 Å². The Bertz CT molecular complexity index is 611. The van der Waals surface area contributed by atoms with Gasteiger partial charge in [0.1, 0.15) is 11.6 Å². The second-order valence-electron chi connectivity index (χ2n) is 4.26. The van der Waals surface area contributed by atoms with Gasteiger partial charge >= 0.3 is 0 Å². The summed E-state index contributed by atoms with van der Waals surface area (Å²) >= 11 is 6.70. The van der Waals surface area contributed by atoms with Gasteiger partial charge in [0.25, 0.3) is 0 Å². The van der Waals surface area contributed by atoms with Crippen molar-refractivity contribution in [2.75, 3.05) is 0 Å². The molecule has 0 aliphatic heterocycles. The Morgan fingerprint density at radius 2 is 1.84 bits per heavy atom. The quantitative estimate of drug-likeness (QED) is 0.745. The highest BCUT2D eigenvalue weighted by Gasteiger charge is 2.09. The third-order valence-electron chi connectivity index (χ3n) is 2.69. The monoisotopic (exact) mass is 384 g/mol. The van der Waals surface area contributed by atoms with Gasteiger partial charge < -0.3 is 0 Å². The highest BCUT2D eigenvalue weighted by molar-refractivity contribution is 9.10. The van der Waals surface area contributed by atoms with Gasteiger partial charge in [-0.2, -0.15) is 0 Å². The van der Waals surface area contributed by atoms with Gasteiger partial charge in [-0.1, -0.05) is 44.0 Å². The molecule has 0 aliphatic carbocycles. The Kier molecular flexibility index (Phi) is 4.88. The zero-order valence-electron chi connectivity index (χ0n) is 10.00. The lowest BCUT2D eigenvalue weighted by Gasteiger charge is -2.05. The van der Waals surface area contributed by atoms with Crippen LogP contribution in [0.4, 0.5) is 4.39 Å². The number of halogens is 3. The number of carbonyl (C=O) groups excluding carboxylic acids is 1. The summed E-state index contributed by atoms with van der Waals surface area (Å²) in [6.07, 6.45) is 0.577. The lowest BCUT2D eigenvalue weighted by molar-refractivity contribution is -0.117. The third-order valence-corrected chi connectivity index (χ3v) is 3.95. The predicted octanol–water partition coefficient (Wildman–Crippen LogP) is 4.71. The summed E-state index contributed by atoms with van der Waals surface area (Å²) in [5.74, 6) is -0.266. The number of carbonyl (C=O) groups is 1. The van der Waals surface area contributed by atoms with Crippen LogP contribution in [0.25, 0.3) is 0 Å². The maximum atomic E-state index is 13.1. The van der Waals surface area contributed by atoms with E-state index in [4.69, 9.17) is 0 Å². The van der Waals surface area contributed by atoms with Crippen molar-refractivity contribution in [3.63, 3.8) is 0 Å². The first kappa shape index (κ1) is 14.4. The fourth-order valence-corrected chi connectivity index (χ4v) is 2.66. The molecule has 0 fully saturated rings. The molecule has 0 radical (unpaired) electrons. The first-order chi connectivity index (χ1) is 9.04. The van der Waals surface area contributed by atoms with Gasteiger partial charge in [-0.25, -0.2) is 4.39 Å². The number of hydrogen-bond acceptors (Lipinski definition) is 1. The molecule has 1 nitrogen and oxygen atoms in total. The molecule has 0 heterocycles. The van der Waals surface area contributed by atoms with Gasteiger partial charge in [0.2, 0.25) is 0 Å². The van der Waals surface area contributed by atoms with Crippen LogP contribution >= 0.6 is 31.9 Å². The molecule has 0 unspecified atom stereocenters. The Morgan fingerprint density at radius 3 is 2.58 bits per heavy atom. The van der Waals surface area contributed by atoms with Crippen molar-refractivity contribution in [3.8, 4) is 0 Å². The smallest absolute Gasteiger partial charge is 0.141 e. The number of rotatable bonds is 4. The Hall–Kier alpha value is -1.00. The minimum atomic E-state index is -0.326. The van der Waals surface area contributed by atoms with E-state index in [-0.39, 0.29) is 18.0 Å². The van der Waals surface area contributed by atoms with Crippen LogP contribution in [0.15, 0.2) is 51.4 Å². The molecule has 2 aromatic carbocycles. The standard InChI is InChI=1S/C15H11Br2FO/c16-12-3-1-2-10(6-12)7-14(19)9-11-8-13(18)4-5-15(11)17/h1-6,8H,7,9H2. The summed E-state index contributed by atoms with van der Waals surface area (Å²) in [5, 5.41) is 0. The van der Waals surface area contributed by atoms with Crippen molar-refractivity contribution in [2.45, 2.75) is 12.8 Å². The maximum Gasteiger partial charge on any atom is 0.141 e. The fraction of sp³-hybridized carbons (Fsp3) is 0.133. The molecule has 0 saturated heterocycles. The van der Waals surface area contributed by atoms with Crippen LogP contribution < -0.4 is 0 Å². The van der Waals surface area contributed by atoms with Crippen molar-refractivity contribution in [1.29, 1.82) is 0 Å². The SMILES string of the molecule is O=C(Cc1cccc(Br)c1)Cc1cc(F)ccc1Br. The van der Waals surface area contributed by atoms with E-state index in [1.807, 2.05) is 24.3 Å². The fourth-order valence-electron chi connectivity index (χ4n) is 1.83. The molecule has 0 spiro atoms. The summed E-state index contributed by atoms with van der Waals surface area (Å²) < 4.78 is 14.8. The topological polar surface area (TPSA) is 17.1 Å². The molecule has 98 valence electrons. The van der Waals surface area contributed by atoms with Crippen LogP contribution in [0.2, 0.25) is 0 Å². The van der Waals surface area contributed by atoms with E-state index in [0.29, 0.717) is 12.0 Å². The first-order valence-electron chi connectivity index (χ1n) is 5.74. The molecule has 2 aromatic rings. The van der Waals surface area contributed by atoms with E-state index in [0.717, 1.165) is 14.5 Å². The average molecular weight is 386 g/mol. The van der Waals surface area contributed by atoms with E-state index >= 15 is 0 Å². The van der Waals surface area contributed by atoms with Crippen LogP contribution in [0.1, 0.15) is 11.1 Å². The van der Waals surface area contributed by atoms with Gasteiger partial charge in [0.15, 0.2) is 0 Å². The summed E-state index contributed by atoms with van der Waals surface area (Å²) in [6, 6.07) is 12.0. The maximum absolute atomic E-state index is 13.1. The summed E-state index contributed by atoms with van der Waals surface area (Å²) in [6.45, 7) is 0. The molecular formula is C15H11Br2FO. The molecule has 0 bridgehead atoms. The van der Waals surface area contributed by atoms with Gasteiger partial charge in [0.05, 0.1) is 0 Å². The van der Waals surface area contributed by atoms with Crippen molar-refractivity contribution >= 4 is 37.6 Å². The van der Waals surface area contributed by atoms with Crippen LogP contribution in [-0.4, -0.2) is 5.78 Å². The first-order valence-corrected chi connectivity index (χ1v) is 7.33. The molecule has 0 atom stereocenters. The minimum absolute atomic E-state index is 0.0596. The van der Waals surface area contributed by atoms with Gasteiger partial charge in [-0.15, -0.1) is 0 Å². The minimum Gasteiger partial charge on any atom is -0.299 e. The lowest BCUT2D eigenvalue weighted by atomic mass is 10.0. The zero-order valence-corrected chi connectivity index (χ0v) is 13.2. The molecule has 4 heteroatoms. The molecular weight excluding hydrogens is 375 g/mol. The second kappa shape index (κ2) is 6.44. The summed E-state index contributed by atoms with van der Waals surface area (Å²) in [4.78, 5) is 12.0. The van der Waals surface area contributed by atoms with Crippen molar-refractivity contribution in [1.82, 2.24) is 0 Å². The Balaban J connectivity index is 2.07. The van der Waals surface area contributed by atoms with Crippen LogP contribution in [0.3, 0.4) is 0 Å². The Morgan fingerprint density at radius 1 is 1.05 bits per heavy atom. The second-order valence-corrected chi connectivity index (χ2v) is 6.03. The van der Waals surface area contributed by atoms with E-state index in [1.54, 1.807) is 6.07 Å². The largest absolute Gasteiger partial charge is 0.299 e. The zero-order chi connectivity index (χ0) is 13.8. The predicted molar refractivity (Wildman–Crippen MR) is 80.7 cm³/mol. The van der Waals surface area contributed by atoms with Crippen molar-refractivity contribution in [3.05, 3.63) is 68.4 Å². The number of ketones is 1. The van der Waals surface area contributed by atoms with Crippen molar-refractivity contribution < 1.29 is 9.18 Å². The summed E-state index contributed by atoms with van der Waals surface area (Å²) in [7, 11) is 0. The molecule has 0 saturated carbocycles. The third kappa shape index (κ3) is 4.25. The highest BCUT2D eigenvalue weighted by Crippen LogP contribution is 2.19. The number of Topliss-reactive ketones (excluding diaryl/α,β-unsaturated/α-hetero) is 1. The van der Waals surface area contributed by atoms with Gasteiger partial charge in [-0.3, -0.25) is 4.79 Å². The summed E-state index contributed by atoms with van der Waals surface area (Å²) in [5.41, 5.74) is 1.63. The number of hydrogen-bond donors (Lipinski definition) is 0. The van der Waals surface area contributed by atoms with E-state index < -0.39 is 0 Å². The van der Waals surface area contributed by atoms with Gasteiger partial charge in [-0.05, 0) is 41.5 Å².